The number of carbonyl (C=O) groups excluding carboxylic acids is 1. The van der Waals surface area contributed by atoms with Crippen molar-refractivity contribution in [3.8, 4) is 11.5 Å². The molecule has 1 amide bonds. The number of carbonyl (C=O) groups is 1. The van der Waals surface area contributed by atoms with E-state index in [-0.39, 0.29) is 18.3 Å². The van der Waals surface area contributed by atoms with Crippen molar-refractivity contribution < 1.29 is 19.0 Å². The molecule has 0 radical (unpaired) electrons. The monoisotopic (exact) mass is 579 g/mol. The number of nitrogens with zero attached hydrogens (tertiary/aromatic N) is 4. The Labute approximate surface area is 240 Å². The molecular formula is C28H29N5O5S2. The van der Waals surface area contributed by atoms with E-state index in [0.717, 1.165) is 50.4 Å². The first-order chi connectivity index (χ1) is 19.5. The van der Waals surface area contributed by atoms with Crippen molar-refractivity contribution in [1.82, 2.24) is 19.2 Å². The zero-order valence-corrected chi connectivity index (χ0v) is 23.7. The fourth-order valence-electron chi connectivity index (χ4n) is 4.85. The number of pyridine rings is 1. The van der Waals surface area contributed by atoms with Gasteiger partial charge in [-0.05, 0) is 55.3 Å². The average molecular weight is 580 g/mol. The van der Waals surface area contributed by atoms with Crippen molar-refractivity contribution in [2.45, 2.75) is 19.9 Å². The van der Waals surface area contributed by atoms with Gasteiger partial charge in [0, 0.05) is 25.8 Å². The van der Waals surface area contributed by atoms with Gasteiger partial charge in [-0.3, -0.25) is 23.8 Å². The Morgan fingerprint density at radius 2 is 1.95 bits per heavy atom. The summed E-state index contributed by atoms with van der Waals surface area (Å²) in [6, 6.07) is 9.31. The average Bonchev–Trinajstić information content (AvgIpc) is 3.53. The molecule has 0 aliphatic carbocycles. The molecule has 2 saturated heterocycles. The molecule has 0 unspecified atom stereocenters. The van der Waals surface area contributed by atoms with Gasteiger partial charge in [0.05, 0.1) is 30.2 Å². The Morgan fingerprint density at radius 1 is 1.12 bits per heavy atom. The van der Waals surface area contributed by atoms with Crippen LogP contribution in [0.5, 0.6) is 11.5 Å². The SMILES string of the molecule is Cc1ccc2nc(NCCCN3CCOCC3)c(C=C3SC(=S)N(Cc4ccc5c(c4)OCO5)C3=O)c(=O)n2c1. The van der Waals surface area contributed by atoms with Gasteiger partial charge in [-0.2, -0.15) is 0 Å². The molecule has 3 aliphatic rings. The summed E-state index contributed by atoms with van der Waals surface area (Å²) in [6.07, 6.45) is 4.26. The summed E-state index contributed by atoms with van der Waals surface area (Å²) >= 11 is 6.75. The zero-order valence-electron chi connectivity index (χ0n) is 22.1. The molecule has 0 spiro atoms. The van der Waals surface area contributed by atoms with Gasteiger partial charge in [0.25, 0.3) is 11.5 Å². The summed E-state index contributed by atoms with van der Waals surface area (Å²) < 4.78 is 18.2. The fraction of sp³-hybridized carbons (Fsp3) is 0.357. The second-order valence-corrected chi connectivity index (χ2v) is 11.5. The van der Waals surface area contributed by atoms with Crippen LogP contribution >= 0.6 is 24.0 Å². The molecule has 0 bridgehead atoms. The van der Waals surface area contributed by atoms with E-state index in [1.807, 2.05) is 37.3 Å². The van der Waals surface area contributed by atoms with Gasteiger partial charge in [-0.25, -0.2) is 4.98 Å². The first kappa shape index (κ1) is 26.8. The number of ether oxygens (including phenoxy) is 3. The predicted molar refractivity (Wildman–Crippen MR) is 158 cm³/mol. The molecule has 1 aromatic carbocycles. The van der Waals surface area contributed by atoms with Crippen LogP contribution in [0.2, 0.25) is 0 Å². The molecule has 12 heteroatoms. The maximum absolute atomic E-state index is 13.7. The normalized spacial score (nSPS) is 18.3. The minimum absolute atomic E-state index is 0.182. The number of thioether (sulfide) groups is 1. The zero-order chi connectivity index (χ0) is 27.6. The van der Waals surface area contributed by atoms with Crippen molar-refractivity contribution in [3.63, 3.8) is 0 Å². The minimum atomic E-state index is -0.250. The van der Waals surface area contributed by atoms with Gasteiger partial charge in [-0.15, -0.1) is 0 Å². The molecule has 6 rings (SSSR count). The highest BCUT2D eigenvalue weighted by Crippen LogP contribution is 2.36. The molecule has 2 fully saturated rings. The van der Waals surface area contributed by atoms with Crippen LogP contribution in [0.4, 0.5) is 5.82 Å². The van der Waals surface area contributed by atoms with E-state index in [1.165, 1.54) is 21.1 Å². The number of aryl methyl sites for hydroxylation is 1. The molecule has 5 heterocycles. The third kappa shape index (κ3) is 5.57. The molecule has 0 saturated carbocycles. The molecule has 40 heavy (non-hydrogen) atoms. The van der Waals surface area contributed by atoms with E-state index < -0.39 is 0 Å². The van der Waals surface area contributed by atoms with Gasteiger partial charge < -0.3 is 19.5 Å². The third-order valence-electron chi connectivity index (χ3n) is 6.98. The summed E-state index contributed by atoms with van der Waals surface area (Å²) in [4.78, 5) is 36.2. The number of amides is 1. The fourth-order valence-corrected chi connectivity index (χ4v) is 6.08. The lowest BCUT2D eigenvalue weighted by molar-refractivity contribution is -0.122. The number of thiocarbonyl (C=S) groups is 1. The number of rotatable bonds is 8. The topological polar surface area (TPSA) is 97.6 Å². The minimum Gasteiger partial charge on any atom is -0.454 e. The predicted octanol–water partition coefficient (Wildman–Crippen LogP) is 3.27. The standard InChI is InChI=1S/C28H29N5O5S2/c1-18-3-6-24-30-25(29-7-2-8-31-9-11-36-12-10-31)20(26(34)32(24)15-18)14-23-27(35)33(28(39)40-23)16-19-4-5-21-22(13-19)38-17-37-21/h3-6,13-15,29H,2,7-12,16-17H2,1H3. The van der Waals surface area contributed by atoms with Crippen molar-refractivity contribution in [3.05, 3.63) is 68.5 Å². The van der Waals surface area contributed by atoms with Gasteiger partial charge >= 0.3 is 0 Å². The van der Waals surface area contributed by atoms with Gasteiger partial charge in [0.15, 0.2) is 11.5 Å². The maximum atomic E-state index is 13.7. The summed E-state index contributed by atoms with van der Waals surface area (Å²) in [5.74, 6) is 1.53. The maximum Gasteiger partial charge on any atom is 0.267 e. The molecule has 3 aliphatic heterocycles. The third-order valence-corrected chi connectivity index (χ3v) is 8.36. The molecule has 3 aromatic rings. The Morgan fingerprint density at radius 3 is 2.80 bits per heavy atom. The number of anilines is 1. The Bertz CT molecular complexity index is 1570. The van der Waals surface area contributed by atoms with Crippen LogP contribution in [-0.4, -0.2) is 75.6 Å². The highest BCUT2D eigenvalue weighted by molar-refractivity contribution is 8.26. The number of benzene rings is 1. The second kappa shape index (κ2) is 11.6. The van der Waals surface area contributed by atoms with E-state index in [2.05, 4.69) is 10.2 Å². The molecule has 208 valence electrons. The lowest BCUT2D eigenvalue weighted by atomic mass is 10.2. The number of nitrogens with one attached hydrogen (secondary N) is 1. The van der Waals surface area contributed by atoms with Crippen LogP contribution in [0.1, 0.15) is 23.1 Å². The lowest BCUT2D eigenvalue weighted by Crippen LogP contribution is -2.37. The van der Waals surface area contributed by atoms with Crippen molar-refractivity contribution >= 4 is 51.7 Å². The Balaban J connectivity index is 1.25. The number of morpholine rings is 1. The lowest BCUT2D eigenvalue weighted by Gasteiger charge is -2.26. The van der Waals surface area contributed by atoms with Gasteiger partial charge in [0.2, 0.25) is 6.79 Å². The van der Waals surface area contributed by atoms with E-state index in [1.54, 1.807) is 12.3 Å². The molecular weight excluding hydrogens is 550 g/mol. The van der Waals surface area contributed by atoms with Gasteiger partial charge in [0.1, 0.15) is 15.8 Å². The Hall–Kier alpha value is -3.45. The highest BCUT2D eigenvalue weighted by Gasteiger charge is 2.33. The van der Waals surface area contributed by atoms with E-state index in [0.29, 0.717) is 50.8 Å². The van der Waals surface area contributed by atoms with Crippen LogP contribution in [0.15, 0.2) is 46.2 Å². The van der Waals surface area contributed by atoms with Crippen LogP contribution < -0.4 is 20.3 Å². The summed E-state index contributed by atoms with van der Waals surface area (Å²) in [7, 11) is 0. The van der Waals surface area contributed by atoms with Crippen LogP contribution in [0.3, 0.4) is 0 Å². The molecule has 1 N–H and O–H groups in total. The highest BCUT2D eigenvalue weighted by atomic mass is 32.2. The summed E-state index contributed by atoms with van der Waals surface area (Å²) in [5, 5.41) is 3.36. The number of hydrogen-bond donors (Lipinski definition) is 1. The number of fused-ring (bicyclic) bond motifs is 2. The smallest absolute Gasteiger partial charge is 0.267 e. The largest absolute Gasteiger partial charge is 0.454 e. The van der Waals surface area contributed by atoms with E-state index in [4.69, 9.17) is 31.4 Å². The van der Waals surface area contributed by atoms with Crippen LogP contribution in [-0.2, 0) is 16.1 Å². The van der Waals surface area contributed by atoms with Crippen LogP contribution in [0.25, 0.3) is 11.7 Å². The quantitative estimate of drug-likeness (QED) is 0.243. The molecule has 2 aromatic heterocycles. The first-order valence-corrected chi connectivity index (χ1v) is 14.4. The second-order valence-electron chi connectivity index (χ2n) is 9.80. The summed E-state index contributed by atoms with van der Waals surface area (Å²) in [6.45, 7) is 7.32. The van der Waals surface area contributed by atoms with Crippen molar-refractivity contribution in [2.75, 3.05) is 51.5 Å². The van der Waals surface area contributed by atoms with Gasteiger partial charge in [-0.1, -0.05) is 36.1 Å². The number of aromatic nitrogens is 2. The van der Waals surface area contributed by atoms with Crippen molar-refractivity contribution in [1.29, 1.82) is 0 Å². The summed E-state index contributed by atoms with van der Waals surface area (Å²) in [5.41, 5.74) is 2.43. The van der Waals surface area contributed by atoms with E-state index >= 15 is 0 Å². The first-order valence-electron chi connectivity index (χ1n) is 13.2. The Kier molecular flexibility index (Phi) is 7.74. The molecule has 10 nitrogen and oxygen atoms in total. The molecule has 0 atom stereocenters. The van der Waals surface area contributed by atoms with Crippen LogP contribution in [0, 0.1) is 6.92 Å². The van der Waals surface area contributed by atoms with E-state index in [9.17, 15) is 9.59 Å². The van der Waals surface area contributed by atoms with Crippen molar-refractivity contribution in [2.24, 2.45) is 0 Å². The number of hydrogen-bond acceptors (Lipinski definition) is 10.